The van der Waals surface area contributed by atoms with Gasteiger partial charge in [0.25, 0.3) is 5.91 Å². The molecule has 2 rings (SSSR count). The van der Waals surface area contributed by atoms with Crippen LogP contribution in [0.5, 0.6) is 5.75 Å². The van der Waals surface area contributed by atoms with Gasteiger partial charge in [-0.15, -0.1) is 0 Å². The average molecular weight is 482 g/mol. The van der Waals surface area contributed by atoms with E-state index in [9.17, 15) is 9.59 Å². The lowest BCUT2D eigenvalue weighted by Crippen LogP contribution is -2.49. The molecule has 0 fully saturated rings. The van der Waals surface area contributed by atoms with Crippen molar-refractivity contribution in [3.05, 3.63) is 63.6 Å². The number of nitrogens with one attached hydrogen (secondary N) is 1. The quantitative estimate of drug-likeness (QED) is 0.495. The van der Waals surface area contributed by atoms with E-state index in [1.807, 2.05) is 24.3 Å². The van der Waals surface area contributed by atoms with Gasteiger partial charge in [0.05, 0.1) is 0 Å². The second-order valence-corrected chi connectivity index (χ2v) is 8.06. The zero-order chi connectivity index (χ0) is 21.2. The molecule has 5 nitrogen and oxygen atoms in total. The Balaban J connectivity index is 2.08. The van der Waals surface area contributed by atoms with Crippen LogP contribution in [0.1, 0.15) is 32.3 Å². The molecule has 0 spiro atoms. The third kappa shape index (κ3) is 7.71. The first-order valence-electron chi connectivity index (χ1n) is 9.60. The zero-order valence-electron chi connectivity index (χ0n) is 16.7. The smallest absolute Gasteiger partial charge is 0.261 e. The van der Waals surface area contributed by atoms with Crippen molar-refractivity contribution in [3.8, 4) is 5.75 Å². The molecule has 0 aromatic heterocycles. The molecule has 29 heavy (non-hydrogen) atoms. The maximum atomic E-state index is 12.9. The summed E-state index contributed by atoms with van der Waals surface area (Å²) in [7, 11) is 0. The molecule has 0 bridgehead atoms. The highest BCUT2D eigenvalue weighted by Gasteiger charge is 2.26. The van der Waals surface area contributed by atoms with Gasteiger partial charge >= 0.3 is 0 Å². The van der Waals surface area contributed by atoms with Gasteiger partial charge < -0.3 is 15.0 Å². The van der Waals surface area contributed by atoms with Crippen LogP contribution in [0.15, 0.2) is 53.0 Å². The Kier molecular flexibility index (Phi) is 9.48. The van der Waals surface area contributed by atoms with E-state index < -0.39 is 6.04 Å². The number of hydrogen-bond donors (Lipinski definition) is 1. The van der Waals surface area contributed by atoms with Crippen LogP contribution >= 0.6 is 27.5 Å². The predicted octanol–water partition coefficient (Wildman–Crippen LogP) is 4.81. The van der Waals surface area contributed by atoms with Crippen LogP contribution in [0.25, 0.3) is 0 Å². The summed E-state index contributed by atoms with van der Waals surface area (Å²) in [5.74, 6) is 0.151. The van der Waals surface area contributed by atoms with Crippen LogP contribution in [-0.2, 0) is 16.1 Å². The van der Waals surface area contributed by atoms with E-state index in [1.165, 1.54) is 4.90 Å². The molecular formula is C22H26BrClN2O3. The van der Waals surface area contributed by atoms with Crippen molar-refractivity contribution in [3.63, 3.8) is 0 Å². The number of carbonyl (C=O) groups excluding carboxylic acids is 2. The van der Waals surface area contributed by atoms with Crippen LogP contribution in [0, 0.1) is 0 Å². The SMILES string of the molecule is CCCCNC(=O)C(C)N(Cc1ccc(Cl)cc1)C(=O)COc1ccc(Br)cc1. The van der Waals surface area contributed by atoms with Gasteiger partial charge in [-0.25, -0.2) is 0 Å². The second kappa shape index (κ2) is 11.8. The van der Waals surface area contributed by atoms with Crippen molar-refractivity contribution in [2.75, 3.05) is 13.2 Å². The van der Waals surface area contributed by atoms with Crippen molar-refractivity contribution in [2.45, 2.75) is 39.3 Å². The van der Waals surface area contributed by atoms with Gasteiger partial charge in [-0.2, -0.15) is 0 Å². The second-order valence-electron chi connectivity index (χ2n) is 6.71. The average Bonchev–Trinajstić information content (AvgIpc) is 2.72. The van der Waals surface area contributed by atoms with Crippen molar-refractivity contribution in [1.29, 1.82) is 0 Å². The number of amides is 2. The van der Waals surface area contributed by atoms with Crippen molar-refractivity contribution in [1.82, 2.24) is 10.2 Å². The summed E-state index contributed by atoms with van der Waals surface area (Å²) in [4.78, 5) is 27.0. The van der Waals surface area contributed by atoms with Gasteiger partial charge in [0.2, 0.25) is 5.91 Å². The lowest BCUT2D eigenvalue weighted by molar-refractivity contribution is -0.142. The van der Waals surface area contributed by atoms with Crippen LogP contribution < -0.4 is 10.1 Å². The zero-order valence-corrected chi connectivity index (χ0v) is 19.0. The van der Waals surface area contributed by atoms with E-state index in [0.29, 0.717) is 23.9 Å². The Bertz CT molecular complexity index is 797. The normalized spacial score (nSPS) is 11.6. The minimum Gasteiger partial charge on any atom is -0.484 e. The summed E-state index contributed by atoms with van der Waals surface area (Å²) >= 11 is 9.32. The van der Waals surface area contributed by atoms with E-state index in [-0.39, 0.29) is 18.4 Å². The van der Waals surface area contributed by atoms with E-state index in [0.717, 1.165) is 22.9 Å². The Morgan fingerprint density at radius 2 is 1.79 bits per heavy atom. The van der Waals surface area contributed by atoms with E-state index in [1.54, 1.807) is 31.2 Å². The molecule has 0 aliphatic heterocycles. The lowest BCUT2D eigenvalue weighted by atomic mass is 10.1. The number of benzene rings is 2. The molecule has 0 heterocycles. The molecule has 1 unspecified atom stereocenters. The summed E-state index contributed by atoms with van der Waals surface area (Å²) in [6.07, 6.45) is 1.89. The number of nitrogens with zero attached hydrogens (tertiary/aromatic N) is 1. The predicted molar refractivity (Wildman–Crippen MR) is 119 cm³/mol. The molecule has 156 valence electrons. The molecule has 2 aromatic rings. The van der Waals surface area contributed by atoms with E-state index in [4.69, 9.17) is 16.3 Å². The van der Waals surface area contributed by atoms with Gasteiger partial charge in [0.15, 0.2) is 6.61 Å². The van der Waals surface area contributed by atoms with Gasteiger partial charge in [0.1, 0.15) is 11.8 Å². The minimum absolute atomic E-state index is 0.151. The number of ether oxygens (including phenoxy) is 1. The molecule has 2 amide bonds. The Morgan fingerprint density at radius 1 is 1.14 bits per heavy atom. The highest BCUT2D eigenvalue weighted by atomic mass is 79.9. The van der Waals surface area contributed by atoms with E-state index in [2.05, 4.69) is 28.2 Å². The Morgan fingerprint density at radius 3 is 2.41 bits per heavy atom. The molecule has 2 aromatic carbocycles. The van der Waals surface area contributed by atoms with Crippen LogP contribution in [-0.4, -0.2) is 35.9 Å². The molecular weight excluding hydrogens is 456 g/mol. The first kappa shape index (κ1) is 23.2. The first-order chi connectivity index (χ1) is 13.9. The highest BCUT2D eigenvalue weighted by molar-refractivity contribution is 9.10. The number of halogens is 2. The highest BCUT2D eigenvalue weighted by Crippen LogP contribution is 2.17. The Labute approximate surface area is 185 Å². The molecule has 1 atom stereocenters. The molecule has 0 radical (unpaired) electrons. The third-order valence-corrected chi connectivity index (χ3v) is 5.22. The largest absolute Gasteiger partial charge is 0.484 e. The maximum Gasteiger partial charge on any atom is 0.261 e. The van der Waals surface area contributed by atoms with Gasteiger partial charge in [-0.3, -0.25) is 9.59 Å². The standard InChI is InChI=1S/C22H26BrClN2O3/c1-3-4-13-25-22(28)16(2)26(14-17-5-9-19(24)10-6-17)21(27)15-29-20-11-7-18(23)8-12-20/h5-12,16H,3-4,13-15H2,1-2H3,(H,25,28). The fourth-order valence-corrected chi connectivity index (χ4v) is 3.05. The van der Waals surface area contributed by atoms with Crippen LogP contribution in [0.2, 0.25) is 5.02 Å². The maximum absolute atomic E-state index is 12.9. The topological polar surface area (TPSA) is 58.6 Å². The molecule has 0 saturated carbocycles. The number of hydrogen-bond acceptors (Lipinski definition) is 3. The molecule has 0 saturated heterocycles. The van der Waals surface area contributed by atoms with Crippen LogP contribution in [0.4, 0.5) is 0 Å². The molecule has 0 aliphatic rings. The number of rotatable bonds is 10. The monoisotopic (exact) mass is 480 g/mol. The summed E-state index contributed by atoms with van der Waals surface area (Å²) in [6.45, 7) is 4.53. The lowest BCUT2D eigenvalue weighted by Gasteiger charge is -2.28. The number of carbonyl (C=O) groups is 2. The van der Waals surface area contributed by atoms with Crippen molar-refractivity contribution >= 4 is 39.3 Å². The fourth-order valence-electron chi connectivity index (χ4n) is 2.66. The molecule has 1 N–H and O–H groups in total. The van der Waals surface area contributed by atoms with Gasteiger partial charge in [-0.1, -0.05) is 53.0 Å². The number of unbranched alkanes of at least 4 members (excludes halogenated alkanes) is 1. The molecule has 7 heteroatoms. The van der Waals surface area contributed by atoms with Crippen molar-refractivity contribution < 1.29 is 14.3 Å². The van der Waals surface area contributed by atoms with Gasteiger partial charge in [-0.05, 0) is 55.3 Å². The third-order valence-electron chi connectivity index (χ3n) is 4.44. The summed E-state index contributed by atoms with van der Waals surface area (Å²) in [5.41, 5.74) is 0.889. The van der Waals surface area contributed by atoms with Gasteiger partial charge in [0, 0.05) is 22.6 Å². The van der Waals surface area contributed by atoms with E-state index >= 15 is 0 Å². The first-order valence-corrected chi connectivity index (χ1v) is 10.8. The summed E-state index contributed by atoms with van der Waals surface area (Å²) < 4.78 is 6.55. The van der Waals surface area contributed by atoms with Crippen LogP contribution in [0.3, 0.4) is 0 Å². The summed E-state index contributed by atoms with van der Waals surface area (Å²) in [6, 6.07) is 13.9. The summed E-state index contributed by atoms with van der Waals surface area (Å²) in [5, 5.41) is 3.51. The Hall–Kier alpha value is -2.05. The molecule has 0 aliphatic carbocycles. The fraction of sp³-hybridized carbons (Fsp3) is 0.364. The minimum atomic E-state index is -0.622. The van der Waals surface area contributed by atoms with Crippen molar-refractivity contribution in [2.24, 2.45) is 0 Å².